The molecule has 1 aromatic carbocycles. The molecule has 0 amide bonds. The van der Waals surface area contributed by atoms with E-state index in [0.29, 0.717) is 12.0 Å². The fraction of sp³-hybridized carbons (Fsp3) is 0.500. The highest BCUT2D eigenvalue weighted by Gasteiger charge is 2.11. The minimum Gasteiger partial charge on any atom is -0.314 e. The van der Waals surface area contributed by atoms with Gasteiger partial charge in [0.25, 0.3) is 0 Å². The van der Waals surface area contributed by atoms with Crippen LogP contribution >= 0.6 is 0 Å². The Balaban J connectivity index is 2.08. The van der Waals surface area contributed by atoms with Gasteiger partial charge < -0.3 is 5.32 Å². The van der Waals surface area contributed by atoms with Crippen LogP contribution in [-0.4, -0.2) is 17.6 Å². The van der Waals surface area contributed by atoms with Gasteiger partial charge in [-0.1, -0.05) is 32.9 Å². The van der Waals surface area contributed by atoms with Gasteiger partial charge in [-0.2, -0.15) is 0 Å². The number of nitrogens with one attached hydrogen (secondary N) is 1. The summed E-state index contributed by atoms with van der Waals surface area (Å²) < 4.78 is 0. The Bertz CT molecular complexity index is 560. The second-order valence-electron chi connectivity index (χ2n) is 5.93. The lowest BCUT2D eigenvalue weighted by Gasteiger charge is -2.21. The van der Waals surface area contributed by atoms with Crippen LogP contribution in [0, 0.1) is 12.8 Å². The van der Waals surface area contributed by atoms with Crippen LogP contribution in [0.2, 0.25) is 0 Å². The molecule has 1 unspecified atom stereocenters. The number of hydrogen-bond acceptors (Lipinski definition) is 2. The third-order valence-electron chi connectivity index (χ3n) is 3.91. The second-order valence-corrected chi connectivity index (χ2v) is 5.93. The topological polar surface area (TPSA) is 24.9 Å². The van der Waals surface area contributed by atoms with Crippen LogP contribution in [0.4, 0.5) is 0 Å². The van der Waals surface area contributed by atoms with E-state index in [1.807, 2.05) is 6.92 Å². The first-order chi connectivity index (χ1) is 9.60. The quantitative estimate of drug-likeness (QED) is 0.854. The number of benzene rings is 1. The summed E-state index contributed by atoms with van der Waals surface area (Å²) in [6.45, 7) is 9.85. The van der Waals surface area contributed by atoms with Crippen molar-refractivity contribution in [2.24, 2.45) is 5.92 Å². The van der Waals surface area contributed by atoms with E-state index in [4.69, 9.17) is 0 Å². The minimum absolute atomic E-state index is 0.604. The smallest absolute Gasteiger partial charge is 0.0705 e. The van der Waals surface area contributed by atoms with Crippen molar-refractivity contribution in [3.05, 3.63) is 41.6 Å². The number of aromatic nitrogens is 1. The molecular weight excluding hydrogens is 244 g/mol. The average Bonchev–Trinajstić information content (AvgIpc) is 2.43. The second kappa shape index (κ2) is 6.85. The van der Waals surface area contributed by atoms with Crippen molar-refractivity contribution in [2.45, 2.75) is 46.6 Å². The highest BCUT2D eigenvalue weighted by atomic mass is 14.9. The lowest BCUT2D eigenvalue weighted by Crippen LogP contribution is -2.34. The van der Waals surface area contributed by atoms with Crippen LogP contribution in [0.3, 0.4) is 0 Å². The molecular formula is C18H26N2. The maximum atomic E-state index is 4.56. The number of hydrogen-bond donors (Lipinski definition) is 1. The van der Waals surface area contributed by atoms with Gasteiger partial charge in [0, 0.05) is 17.1 Å². The molecule has 0 aliphatic rings. The molecule has 0 saturated carbocycles. The zero-order valence-corrected chi connectivity index (χ0v) is 13.1. The molecule has 20 heavy (non-hydrogen) atoms. The van der Waals surface area contributed by atoms with Crippen molar-refractivity contribution >= 4 is 10.9 Å². The molecule has 0 fully saturated rings. The zero-order chi connectivity index (χ0) is 14.5. The average molecular weight is 270 g/mol. The Morgan fingerprint density at radius 1 is 1.15 bits per heavy atom. The summed E-state index contributed by atoms with van der Waals surface area (Å²) in [5, 5.41) is 4.83. The zero-order valence-electron chi connectivity index (χ0n) is 13.1. The largest absolute Gasteiger partial charge is 0.314 e. The van der Waals surface area contributed by atoms with Gasteiger partial charge in [-0.05, 0) is 56.0 Å². The van der Waals surface area contributed by atoms with Crippen LogP contribution in [0.15, 0.2) is 30.3 Å². The molecule has 2 aromatic rings. The predicted octanol–water partition coefficient (Wildman–Crippen LogP) is 4.11. The van der Waals surface area contributed by atoms with Crippen LogP contribution in [0.1, 0.15) is 38.4 Å². The van der Waals surface area contributed by atoms with E-state index >= 15 is 0 Å². The number of nitrogens with zero attached hydrogens (tertiary/aromatic N) is 1. The van der Waals surface area contributed by atoms with Crippen molar-refractivity contribution in [1.82, 2.24) is 10.3 Å². The number of aryl methyl sites for hydroxylation is 2. The molecule has 2 heteroatoms. The Labute approximate surface area is 122 Å². The van der Waals surface area contributed by atoms with Crippen LogP contribution in [-0.2, 0) is 6.42 Å². The highest BCUT2D eigenvalue weighted by Crippen LogP contribution is 2.17. The molecule has 2 rings (SSSR count). The lowest BCUT2D eigenvalue weighted by molar-refractivity contribution is 0.385. The van der Waals surface area contributed by atoms with Gasteiger partial charge in [0.2, 0.25) is 0 Å². The Morgan fingerprint density at radius 2 is 1.95 bits per heavy atom. The SMILES string of the molecule is CCNC(CCc1ccc2nc(C)ccc2c1)C(C)C. The van der Waals surface area contributed by atoms with Crippen molar-refractivity contribution < 1.29 is 0 Å². The summed E-state index contributed by atoms with van der Waals surface area (Å²) in [7, 11) is 0. The molecule has 0 aliphatic heterocycles. The van der Waals surface area contributed by atoms with E-state index < -0.39 is 0 Å². The molecule has 0 aliphatic carbocycles. The van der Waals surface area contributed by atoms with Crippen molar-refractivity contribution in [1.29, 1.82) is 0 Å². The van der Waals surface area contributed by atoms with Crippen molar-refractivity contribution in [3.8, 4) is 0 Å². The summed E-state index contributed by atoms with van der Waals surface area (Å²) in [4.78, 5) is 4.56. The van der Waals surface area contributed by atoms with E-state index in [1.54, 1.807) is 0 Å². The third-order valence-corrected chi connectivity index (χ3v) is 3.91. The van der Waals surface area contributed by atoms with E-state index in [0.717, 1.165) is 24.2 Å². The molecule has 0 saturated heterocycles. The van der Waals surface area contributed by atoms with E-state index in [-0.39, 0.29) is 0 Å². The third kappa shape index (κ3) is 3.80. The predicted molar refractivity (Wildman–Crippen MR) is 87.1 cm³/mol. The van der Waals surface area contributed by atoms with Gasteiger partial charge in [-0.15, -0.1) is 0 Å². The van der Waals surface area contributed by atoms with Gasteiger partial charge >= 0.3 is 0 Å². The maximum absolute atomic E-state index is 4.56. The summed E-state index contributed by atoms with van der Waals surface area (Å²) >= 11 is 0. The van der Waals surface area contributed by atoms with Crippen LogP contribution in [0.5, 0.6) is 0 Å². The minimum atomic E-state index is 0.604. The fourth-order valence-electron chi connectivity index (χ4n) is 2.69. The van der Waals surface area contributed by atoms with E-state index in [2.05, 4.69) is 61.4 Å². The summed E-state index contributed by atoms with van der Waals surface area (Å²) in [6, 6.07) is 11.5. The monoisotopic (exact) mass is 270 g/mol. The number of fused-ring (bicyclic) bond motifs is 1. The first kappa shape index (κ1) is 15.0. The molecule has 0 bridgehead atoms. The van der Waals surface area contributed by atoms with Gasteiger partial charge in [0.15, 0.2) is 0 Å². The lowest BCUT2D eigenvalue weighted by atomic mass is 9.96. The fourth-order valence-corrected chi connectivity index (χ4v) is 2.69. The molecule has 2 nitrogen and oxygen atoms in total. The van der Waals surface area contributed by atoms with E-state index in [1.165, 1.54) is 17.4 Å². The molecule has 1 N–H and O–H groups in total. The molecule has 108 valence electrons. The molecule has 1 heterocycles. The van der Waals surface area contributed by atoms with Gasteiger partial charge in [-0.3, -0.25) is 4.98 Å². The van der Waals surface area contributed by atoms with Crippen LogP contribution < -0.4 is 5.32 Å². The normalized spacial score (nSPS) is 13.1. The van der Waals surface area contributed by atoms with Crippen molar-refractivity contribution in [2.75, 3.05) is 6.54 Å². The Kier molecular flexibility index (Phi) is 5.13. The molecule has 0 spiro atoms. The summed E-state index contributed by atoms with van der Waals surface area (Å²) in [5.74, 6) is 0.680. The maximum Gasteiger partial charge on any atom is 0.0705 e. The number of pyridine rings is 1. The van der Waals surface area contributed by atoms with Gasteiger partial charge in [-0.25, -0.2) is 0 Å². The standard InChI is InChI=1S/C18H26N2/c1-5-19-17(13(2)3)10-7-15-8-11-18-16(12-15)9-6-14(4)20-18/h6,8-9,11-13,17,19H,5,7,10H2,1-4H3. The first-order valence-electron chi connectivity index (χ1n) is 7.70. The molecule has 1 atom stereocenters. The van der Waals surface area contributed by atoms with Gasteiger partial charge in [0.1, 0.15) is 0 Å². The highest BCUT2D eigenvalue weighted by molar-refractivity contribution is 5.79. The Hall–Kier alpha value is -1.41. The number of rotatable bonds is 6. The summed E-state index contributed by atoms with van der Waals surface area (Å²) in [6.07, 6.45) is 2.32. The first-order valence-corrected chi connectivity index (χ1v) is 7.70. The Morgan fingerprint density at radius 3 is 2.65 bits per heavy atom. The van der Waals surface area contributed by atoms with Crippen molar-refractivity contribution in [3.63, 3.8) is 0 Å². The van der Waals surface area contributed by atoms with E-state index in [9.17, 15) is 0 Å². The molecule has 0 radical (unpaired) electrons. The van der Waals surface area contributed by atoms with Gasteiger partial charge in [0.05, 0.1) is 5.52 Å². The molecule has 1 aromatic heterocycles. The summed E-state index contributed by atoms with van der Waals surface area (Å²) in [5.41, 5.74) is 3.59. The van der Waals surface area contributed by atoms with Crippen LogP contribution in [0.25, 0.3) is 10.9 Å².